The van der Waals surface area contributed by atoms with Crippen molar-refractivity contribution in [2.45, 2.75) is 31.2 Å². The van der Waals surface area contributed by atoms with Crippen molar-refractivity contribution in [3.05, 3.63) is 85.0 Å². The minimum absolute atomic E-state index is 0.146. The van der Waals surface area contributed by atoms with Gasteiger partial charge in [-0.15, -0.1) is 6.58 Å². The lowest BCUT2D eigenvalue weighted by Gasteiger charge is -2.24. The van der Waals surface area contributed by atoms with Crippen LogP contribution in [-0.2, 0) is 0 Å². The lowest BCUT2D eigenvalue weighted by molar-refractivity contribution is 0.123. The fraction of sp³-hybridized carbons (Fsp3) is 0.292. The monoisotopic (exact) mass is 423 g/mol. The molecule has 4 atom stereocenters. The molecular formula is C24H29N3O4. The molecule has 3 rings (SSSR count). The Morgan fingerprint density at radius 1 is 1.16 bits per heavy atom. The molecule has 0 aliphatic carbocycles. The zero-order valence-electron chi connectivity index (χ0n) is 17.5. The first-order valence-electron chi connectivity index (χ1n) is 10.2. The van der Waals surface area contributed by atoms with Crippen LogP contribution >= 0.6 is 0 Å². The highest BCUT2D eigenvalue weighted by atomic mass is 16.5. The molecule has 0 radical (unpaired) electrons. The summed E-state index contributed by atoms with van der Waals surface area (Å²) in [4.78, 5) is 4.18. The molecule has 0 spiro atoms. The Labute approximate surface area is 182 Å². The van der Waals surface area contributed by atoms with Crippen LogP contribution in [0.15, 0.2) is 73.6 Å². The van der Waals surface area contributed by atoms with Gasteiger partial charge in [-0.2, -0.15) is 0 Å². The number of aliphatic hydroxyl groups is 3. The van der Waals surface area contributed by atoms with Crippen LogP contribution in [0.2, 0.25) is 0 Å². The van der Waals surface area contributed by atoms with Crippen LogP contribution in [0.1, 0.15) is 36.6 Å². The second kappa shape index (κ2) is 10.4. The van der Waals surface area contributed by atoms with Gasteiger partial charge in [-0.1, -0.05) is 48.5 Å². The summed E-state index contributed by atoms with van der Waals surface area (Å²) in [5.41, 5.74) is 8.26. The van der Waals surface area contributed by atoms with Gasteiger partial charge in [0.15, 0.2) is 0 Å². The molecule has 31 heavy (non-hydrogen) atoms. The largest absolute Gasteiger partial charge is 0.491 e. The van der Waals surface area contributed by atoms with E-state index in [0.717, 1.165) is 11.1 Å². The molecule has 4 unspecified atom stereocenters. The smallest absolute Gasteiger partial charge is 0.137 e. The molecule has 7 nitrogen and oxygen atoms in total. The summed E-state index contributed by atoms with van der Waals surface area (Å²) in [6.07, 6.45) is 3.32. The predicted molar refractivity (Wildman–Crippen MR) is 119 cm³/mol. The van der Waals surface area contributed by atoms with E-state index in [1.165, 1.54) is 0 Å². The van der Waals surface area contributed by atoms with Gasteiger partial charge in [0.2, 0.25) is 0 Å². The quantitative estimate of drug-likeness (QED) is 0.373. The molecule has 3 aromatic rings. The molecule has 0 saturated heterocycles. The first kappa shape index (κ1) is 22.7. The van der Waals surface area contributed by atoms with Crippen molar-refractivity contribution < 1.29 is 20.1 Å². The fourth-order valence-corrected chi connectivity index (χ4v) is 3.43. The first-order chi connectivity index (χ1) is 15.0. The standard InChI is InChI=1S/C24H29N3O4/c1-3-21(27-13-12-26-24(27)16(2)29)23(30)18-10-8-17(9-11-18)20-6-4-5-7-22(20)31-15-19(25)14-28/h3-13,16,19,21,23,28-30H,1,14-15,25H2,2H3. The summed E-state index contributed by atoms with van der Waals surface area (Å²) >= 11 is 0. The molecule has 0 amide bonds. The van der Waals surface area contributed by atoms with E-state index >= 15 is 0 Å². The third-order valence-corrected chi connectivity index (χ3v) is 5.10. The Morgan fingerprint density at radius 3 is 2.52 bits per heavy atom. The van der Waals surface area contributed by atoms with E-state index in [0.29, 0.717) is 17.1 Å². The van der Waals surface area contributed by atoms with E-state index in [4.69, 9.17) is 15.6 Å². The number of benzene rings is 2. The number of nitrogens with zero attached hydrogens (tertiary/aromatic N) is 2. The minimum Gasteiger partial charge on any atom is -0.491 e. The van der Waals surface area contributed by atoms with Gasteiger partial charge in [0.1, 0.15) is 30.4 Å². The highest BCUT2D eigenvalue weighted by molar-refractivity contribution is 5.70. The summed E-state index contributed by atoms with van der Waals surface area (Å²) < 4.78 is 7.51. The van der Waals surface area contributed by atoms with Crippen LogP contribution in [0, 0.1) is 0 Å². The molecule has 5 N–H and O–H groups in total. The minimum atomic E-state index is -0.868. The topological polar surface area (TPSA) is 114 Å². The fourth-order valence-electron chi connectivity index (χ4n) is 3.43. The average molecular weight is 424 g/mol. The second-order valence-electron chi connectivity index (χ2n) is 7.41. The maximum Gasteiger partial charge on any atom is 0.137 e. The molecule has 1 aromatic heterocycles. The maximum absolute atomic E-state index is 11.0. The highest BCUT2D eigenvalue weighted by Crippen LogP contribution is 2.33. The molecule has 164 valence electrons. The third kappa shape index (κ3) is 5.21. The van der Waals surface area contributed by atoms with Crippen molar-refractivity contribution in [2.24, 2.45) is 5.73 Å². The maximum atomic E-state index is 11.0. The van der Waals surface area contributed by atoms with Gasteiger partial charge in [0, 0.05) is 18.0 Å². The van der Waals surface area contributed by atoms with Crippen LogP contribution in [-0.4, -0.2) is 44.1 Å². The van der Waals surface area contributed by atoms with Crippen molar-refractivity contribution >= 4 is 0 Å². The van der Waals surface area contributed by atoms with Crippen molar-refractivity contribution in [1.29, 1.82) is 0 Å². The molecule has 0 bridgehead atoms. The van der Waals surface area contributed by atoms with Gasteiger partial charge in [0.25, 0.3) is 0 Å². The van der Waals surface area contributed by atoms with Crippen LogP contribution < -0.4 is 10.5 Å². The normalized spacial score (nSPS) is 15.1. The van der Waals surface area contributed by atoms with Crippen LogP contribution in [0.4, 0.5) is 0 Å². The Hall–Kier alpha value is -2.97. The average Bonchev–Trinajstić information content (AvgIpc) is 3.28. The number of ether oxygens (including phenoxy) is 1. The van der Waals surface area contributed by atoms with Gasteiger partial charge in [0.05, 0.1) is 18.7 Å². The number of aromatic nitrogens is 2. The van der Waals surface area contributed by atoms with E-state index in [2.05, 4.69) is 11.6 Å². The zero-order chi connectivity index (χ0) is 22.4. The Bertz CT molecular complexity index is 984. The van der Waals surface area contributed by atoms with E-state index < -0.39 is 24.3 Å². The summed E-state index contributed by atoms with van der Waals surface area (Å²) in [5.74, 6) is 1.14. The Balaban J connectivity index is 1.83. The number of imidazole rings is 1. The summed E-state index contributed by atoms with van der Waals surface area (Å²) in [5, 5.41) is 30.0. The highest BCUT2D eigenvalue weighted by Gasteiger charge is 2.23. The lowest BCUT2D eigenvalue weighted by Crippen LogP contribution is -2.31. The number of para-hydroxylation sites is 1. The third-order valence-electron chi connectivity index (χ3n) is 5.10. The summed E-state index contributed by atoms with van der Waals surface area (Å²) in [6.45, 7) is 5.54. The van der Waals surface area contributed by atoms with Gasteiger partial charge < -0.3 is 30.4 Å². The predicted octanol–water partition coefficient (Wildman–Crippen LogP) is 2.76. The number of aliphatic hydroxyl groups excluding tert-OH is 3. The molecule has 2 aromatic carbocycles. The molecule has 1 heterocycles. The SMILES string of the molecule is C=CC(C(O)c1ccc(-c2ccccc2OCC(N)CO)cc1)n1ccnc1C(C)O. The van der Waals surface area contributed by atoms with Crippen LogP contribution in [0.5, 0.6) is 5.75 Å². The first-order valence-corrected chi connectivity index (χ1v) is 10.2. The van der Waals surface area contributed by atoms with Gasteiger partial charge in [-0.3, -0.25) is 0 Å². The number of rotatable bonds is 10. The number of hydrogen-bond donors (Lipinski definition) is 4. The Morgan fingerprint density at radius 2 is 1.87 bits per heavy atom. The molecule has 7 heteroatoms. The molecular weight excluding hydrogens is 394 g/mol. The van der Waals surface area contributed by atoms with Gasteiger partial charge in [-0.25, -0.2) is 4.98 Å². The second-order valence-corrected chi connectivity index (χ2v) is 7.41. The molecule has 0 aliphatic heterocycles. The number of nitrogens with two attached hydrogens (primary N) is 1. The lowest BCUT2D eigenvalue weighted by atomic mass is 9.97. The summed E-state index contributed by atoms with van der Waals surface area (Å²) in [7, 11) is 0. The summed E-state index contributed by atoms with van der Waals surface area (Å²) in [6, 6.07) is 14.2. The number of hydrogen-bond acceptors (Lipinski definition) is 6. The van der Waals surface area contributed by atoms with Gasteiger partial charge in [-0.05, 0) is 24.1 Å². The van der Waals surface area contributed by atoms with E-state index in [1.54, 1.807) is 30.0 Å². The van der Waals surface area contributed by atoms with Crippen molar-refractivity contribution in [2.75, 3.05) is 13.2 Å². The van der Waals surface area contributed by atoms with Gasteiger partial charge >= 0.3 is 0 Å². The van der Waals surface area contributed by atoms with Crippen molar-refractivity contribution in [3.8, 4) is 16.9 Å². The van der Waals surface area contributed by atoms with E-state index in [-0.39, 0.29) is 13.2 Å². The van der Waals surface area contributed by atoms with E-state index in [9.17, 15) is 10.2 Å². The van der Waals surface area contributed by atoms with E-state index in [1.807, 2.05) is 48.5 Å². The van der Waals surface area contributed by atoms with Crippen molar-refractivity contribution in [1.82, 2.24) is 9.55 Å². The molecule has 0 fully saturated rings. The Kier molecular flexibility index (Phi) is 7.59. The zero-order valence-corrected chi connectivity index (χ0v) is 17.5. The van der Waals surface area contributed by atoms with Crippen LogP contribution in [0.25, 0.3) is 11.1 Å². The van der Waals surface area contributed by atoms with Crippen LogP contribution in [0.3, 0.4) is 0 Å². The molecule has 0 saturated carbocycles. The molecule has 0 aliphatic rings. The van der Waals surface area contributed by atoms with Crippen molar-refractivity contribution in [3.63, 3.8) is 0 Å².